The van der Waals surface area contributed by atoms with E-state index >= 15 is 0 Å². The molecule has 6 heteroatoms. The van der Waals surface area contributed by atoms with Crippen LogP contribution in [0.5, 0.6) is 5.75 Å². The van der Waals surface area contributed by atoms with Crippen molar-refractivity contribution in [3.63, 3.8) is 0 Å². The molecule has 0 spiro atoms. The third-order valence-corrected chi connectivity index (χ3v) is 3.33. The van der Waals surface area contributed by atoms with Crippen molar-refractivity contribution in [2.45, 2.75) is 6.92 Å². The average molecular weight is 310 g/mol. The Morgan fingerprint density at radius 3 is 2.39 bits per heavy atom. The maximum absolute atomic E-state index is 12.0. The number of aryl methyl sites for hydroxylation is 1. The maximum Gasteiger partial charge on any atom is 0.336 e. The van der Waals surface area contributed by atoms with Gasteiger partial charge in [0.2, 0.25) is 0 Å². The highest BCUT2D eigenvalue weighted by Gasteiger charge is 2.06. The first-order chi connectivity index (χ1) is 11.0. The summed E-state index contributed by atoms with van der Waals surface area (Å²) >= 11 is 0. The molecule has 0 bridgehead atoms. The van der Waals surface area contributed by atoms with Crippen molar-refractivity contribution in [1.82, 2.24) is 0 Å². The fourth-order valence-corrected chi connectivity index (χ4v) is 2.24. The number of amides is 2. The Morgan fingerprint density at radius 1 is 1.00 bits per heavy atom. The van der Waals surface area contributed by atoms with Crippen molar-refractivity contribution >= 4 is 28.4 Å². The predicted octanol–water partition coefficient (Wildman–Crippen LogP) is 3.45. The number of urea groups is 1. The number of hydrogen-bond donors (Lipinski definition) is 3. The minimum atomic E-state index is -0.440. The van der Waals surface area contributed by atoms with Crippen LogP contribution in [0.1, 0.15) is 5.56 Å². The van der Waals surface area contributed by atoms with E-state index in [1.165, 1.54) is 18.2 Å². The van der Waals surface area contributed by atoms with E-state index in [9.17, 15) is 14.7 Å². The summed E-state index contributed by atoms with van der Waals surface area (Å²) in [5.74, 6) is 0.121. The van der Waals surface area contributed by atoms with E-state index in [-0.39, 0.29) is 5.75 Å². The van der Waals surface area contributed by atoms with Crippen molar-refractivity contribution in [2.75, 3.05) is 10.6 Å². The highest BCUT2D eigenvalue weighted by atomic mass is 16.4. The molecule has 0 saturated carbocycles. The number of carbonyl (C=O) groups is 1. The zero-order valence-corrected chi connectivity index (χ0v) is 12.3. The second-order valence-corrected chi connectivity index (χ2v) is 5.09. The third kappa shape index (κ3) is 3.32. The summed E-state index contributed by atoms with van der Waals surface area (Å²) in [4.78, 5) is 23.4. The van der Waals surface area contributed by atoms with Crippen LogP contribution in [0.4, 0.5) is 16.2 Å². The topological polar surface area (TPSA) is 91.6 Å². The number of anilines is 2. The van der Waals surface area contributed by atoms with Crippen LogP contribution in [0.15, 0.2) is 57.7 Å². The summed E-state index contributed by atoms with van der Waals surface area (Å²) in [6, 6.07) is 12.2. The molecule has 0 aliphatic rings. The number of rotatable bonds is 2. The Morgan fingerprint density at radius 2 is 1.65 bits per heavy atom. The molecule has 1 heterocycles. The number of phenolic OH excluding ortho intramolecular Hbond substituents is 1. The fraction of sp³-hybridized carbons (Fsp3) is 0.0588. The quantitative estimate of drug-likeness (QED) is 0.499. The molecule has 116 valence electrons. The molecule has 0 unspecified atom stereocenters. The Kier molecular flexibility index (Phi) is 3.72. The summed E-state index contributed by atoms with van der Waals surface area (Å²) < 4.78 is 5.14. The van der Waals surface area contributed by atoms with Crippen molar-refractivity contribution in [3.8, 4) is 5.75 Å². The van der Waals surface area contributed by atoms with Gasteiger partial charge in [-0.3, -0.25) is 0 Å². The lowest BCUT2D eigenvalue weighted by Crippen LogP contribution is -2.19. The maximum atomic E-state index is 12.0. The molecule has 0 fully saturated rings. The van der Waals surface area contributed by atoms with Gasteiger partial charge in [-0.2, -0.15) is 0 Å². The second-order valence-electron chi connectivity index (χ2n) is 5.09. The average Bonchev–Trinajstić information content (AvgIpc) is 2.49. The molecule has 23 heavy (non-hydrogen) atoms. The number of hydrogen-bond acceptors (Lipinski definition) is 4. The molecule has 3 N–H and O–H groups in total. The van der Waals surface area contributed by atoms with E-state index in [0.29, 0.717) is 17.0 Å². The fourth-order valence-electron chi connectivity index (χ4n) is 2.24. The summed E-state index contributed by atoms with van der Waals surface area (Å²) in [5, 5.41) is 15.3. The van der Waals surface area contributed by atoms with Gasteiger partial charge in [0, 0.05) is 28.9 Å². The zero-order valence-electron chi connectivity index (χ0n) is 12.3. The molecule has 1 aromatic heterocycles. The minimum Gasteiger partial charge on any atom is -0.508 e. The molecular weight excluding hydrogens is 296 g/mol. The zero-order chi connectivity index (χ0) is 16.4. The first-order valence-electron chi connectivity index (χ1n) is 6.93. The molecule has 0 atom stereocenters. The van der Waals surface area contributed by atoms with Crippen molar-refractivity contribution in [3.05, 3.63) is 64.5 Å². The van der Waals surface area contributed by atoms with Gasteiger partial charge in [-0.25, -0.2) is 9.59 Å². The number of carbonyl (C=O) groups excluding carboxylic acids is 1. The van der Waals surface area contributed by atoms with Crippen LogP contribution in [0.2, 0.25) is 0 Å². The summed E-state index contributed by atoms with van der Waals surface area (Å²) in [5.41, 5.74) is 1.85. The SMILES string of the molecule is Cc1cc(=O)oc2cc(NC(=O)Nc3ccc(O)cc3)ccc12. The second kappa shape index (κ2) is 5.84. The lowest BCUT2D eigenvalue weighted by molar-refractivity contribution is 0.262. The largest absolute Gasteiger partial charge is 0.508 e. The molecule has 0 aliphatic carbocycles. The van der Waals surface area contributed by atoms with Crippen LogP contribution in [0, 0.1) is 6.92 Å². The van der Waals surface area contributed by atoms with Gasteiger partial charge in [-0.15, -0.1) is 0 Å². The Bertz CT molecular complexity index is 929. The predicted molar refractivity (Wildman–Crippen MR) is 88.0 cm³/mol. The van der Waals surface area contributed by atoms with E-state index in [1.807, 2.05) is 6.92 Å². The standard InChI is InChI=1S/C17H14N2O4/c1-10-8-16(21)23-15-9-12(4-7-14(10)15)19-17(22)18-11-2-5-13(20)6-3-11/h2-9,20H,1H3,(H2,18,19,22). The first kappa shape index (κ1) is 14.6. The van der Waals surface area contributed by atoms with Crippen LogP contribution in [0.3, 0.4) is 0 Å². The van der Waals surface area contributed by atoms with Gasteiger partial charge < -0.3 is 20.2 Å². The van der Waals surface area contributed by atoms with Gasteiger partial charge in [0.15, 0.2) is 0 Å². The van der Waals surface area contributed by atoms with E-state index in [1.54, 1.807) is 30.3 Å². The molecule has 2 amide bonds. The van der Waals surface area contributed by atoms with Crippen molar-refractivity contribution in [1.29, 1.82) is 0 Å². The van der Waals surface area contributed by atoms with Gasteiger partial charge in [-0.05, 0) is 48.9 Å². The molecule has 3 rings (SSSR count). The summed E-state index contributed by atoms with van der Waals surface area (Å²) in [7, 11) is 0. The van der Waals surface area contributed by atoms with Crippen molar-refractivity contribution in [2.24, 2.45) is 0 Å². The Labute approximate surface area is 131 Å². The molecular formula is C17H14N2O4. The monoisotopic (exact) mass is 310 g/mol. The molecule has 2 aromatic carbocycles. The smallest absolute Gasteiger partial charge is 0.336 e. The molecule has 0 radical (unpaired) electrons. The van der Waals surface area contributed by atoms with Gasteiger partial charge in [0.1, 0.15) is 11.3 Å². The molecule has 6 nitrogen and oxygen atoms in total. The van der Waals surface area contributed by atoms with E-state index in [0.717, 1.165) is 10.9 Å². The minimum absolute atomic E-state index is 0.121. The van der Waals surface area contributed by atoms with E-state index < -0.39 is 11.7 Å². The lowest BCUT2D eigenvalue weighted by atomic mass is 10.1. The summed E-state index contributed by atoms with van der Waals surface area (Å²) in [6.07, 6.45) is 0. The van der Waals surface area contributed by atoms with Gasteiger partial charge >= 0.3 is 11.7 Å². The number of aromatic hydroxyl groups is 1. The van der Waals surface area contributed by atoms with Gasteiger partial charge in [-0.1, -0.05) is 0 Å². The molecule has 3 aromatic rings. The number of benzene rings is 2. The van der Waals surface area contributed by atoms with E-state index in [4.69, 9.17) is 4.42 Å². The van der Waals surface area contributed by atoms with Gasteiger partial charge in [0.05, 0.1) is 0 Å². The number of phenols is 1. The summed E-state index contributed by atoms with van der Waals surface area (Å²) in [6.45, 7) is 1.82. The number of nitrogens with one attached hydrogen (secondary N) is 2. The third-order valence-electron chi connectivity index (χ3n) is 3.33. The first-order valence-corrected chi connectivity index (χ1v) is 6.93. The van der Waals surface area contributed by atoms with Crippen LogP contribution >= 0.6 is 0 Å². The lowest BCUT2D eigenvalue weighted by Gasteiger charge is -2.08. The highest BCUT2D eigenvalue weighted by Crippen LogP contribution is 2.21. The van der Waals surface area contributed by atoms with Crippen LogP contribution in [0.25, 0.3) is 11.0 Å². The van der Waals surface area contributed by atoms with Crippen LogP contribution in [-0.4, -0.2) is 11.1 Å². The van der Waals surface area contributed by atoms with Crippen molar-refractivity contribution < 1.29 is 14.3 Å². The Balaban J connectivity index is 1.79. The normalized spacial score (nSPS) is 10.5. The van der Waals surface area contributed by atoms with Gasteiger partial charge in [0.25, 0.3) is 0 Å². The number of fused-ring (bicyclic) bond motifs is 1. The highest BCUT2D eigenvalue weighted by molar-refractivity contribution is 6.00. The molecule has 0 saturated heterocycles. The van der Waals surface area contributed by atoms with Crippen LogP contribution < -0.4 is 16.3 Å². The van der Waals surface area contributed by atoms with E-state index in [2.05, 4.69) is 10.6 Å². The van der Waals surface area contributed by atoms with Crippen LogP contribution in [-0.2, 0) is 0 Å². The Hall–Kier alpha value is -3.28. The molecule has 0 aliphatic heterocycles.